The molecule has 0 aliphatic heterocycles. The van der Waals surface area contributed by atoms with Crippen LogP contribution < -0.4 is 15.8 Å². The van der Waals surface area contributed by atoms with E-state index in [1.54, 1.807) is 24.3 Å². The van der Waals surface area contributed by atoms with Crippen LogP contribution >= 0.6 is 11.6 Å². The fourth-order valence-corrected chi connectivity index (χ4v) is 1.77. The van der Waals surface area contributed by atoms with E-state index >= 15 is 0 Å². The molecule has 0 aliphatic carbocycles. The Morgan fingerprint density at radius 2 is 2.00 bits per heavy atom. The second-order valence-electron chi connectivity index (χ2n) is 4.08. The molecule has 0 saturated carbocycles. The van der Waals surface area contributed by atoms with Gasteiger partial charge in [0.25, 0.3) is 0 Å². The smallest absolute Gasteiger partial charge is 0.221 e. The molecule has 6 heteroatoms. The van der Waals surface area contributed by atoms with Gasteiger partial charge in [-0.25, -0.2) is 4.39 Å². The largest absolute Gasteiger partial charge is 0.454 e. The zero-order valence-corrected chi connectivity index (χ0v) is 11.4. The lowest BCUT2D eigenvalue weighted by atomic mass is 10.2. The summed E-state index contributed by atoms with van der Waals surface area (Å²) >= 11 is 5.92. The quantitative estimate of drug-likeness (QED) is 0.846. The molecule has 2 aromatic carbocycles. The second-order valence-corrected chi connectivity index (χ2v) is 4.49. The first-order valence-corrected chi connectivity index (χ1v) is 6.14. The van der Waals surface area contributed by atoms with E-state index in [1.807, 2.05) is 0 Å². The van der Waals surface area contributed by atoms with E-state index in [0.29, 0.717) is 11.4 Å². The molecule has 2 rings (SSSR count). The summed E-state index contributed by atoms with van der Waals surface area (Å²) in [6, 6.07) is 9.22. The number of carbonyl (C=O) groups excluding carboxylic acids is 1. The predicted molar refractivity (Wildman–Crippen MR) is 76.6 cm³/mol. The maximum Gasteiger partial charge on any atom is 0.221 e. The molecular weight excluding hydrogens is 283 g/mol. The number of nitrogens with two attached hydrogens (primary N) is 1. The van der Waals surface area contributed by atoms with Gasteiger partial charge in [-0.2, -0.15) is 0 Å². The lowest BCUT2D eigenvalue weighted by molar-refractivity contribution is -0.114. The van der Waals surface area contributed by atoms with Gasteiger partial charge < -0.3 is 15.8 Å². The maximum absolute atomic E-state index is 13.6. The molecule has 0 fully saturated rings. The van der Waals surface area contributed by atoms with Crippen molar-refractivity contribution in [3.05, 3.63) is 47.2 Å². The lowest BCUT2D eigenvalue weighted by Gasteiger charge is -2.12. The summed E-state index contributed by atoms with van der Waals surface area (Å²) in [5, 5.41) is 2.44. The van der Waals surface area contributed by atoms with E-state index in [9.17, 15) is 9.18 Å². The molecule has 0 unspecified atom stereocenters. The number of nitrogens with one attached hydrogen (secondary N) is 1. The van der Waals surface area contributed by atoms with Gasteiger partial charge in [0, 0.05) is 13.0 Å². The van der Waals surface area contributed by atoms with Crippen LogP contribution in [0.25, 0.3) is 0 Å². The number of hydrogen-bond acceptors (Lipinski definition) is 3. The SMILES string of the molecule is CC(=O)Nc1cc(Oc2ccccc2N)c(Cl)cc1F. The fraction of sp³-hybridized carbons (Fsp3) is 0.0714. The van der Waals surface area contributed by atoms with Crippen molar-refractivity contribution in [3.8, 4) is 11.5 Å². The first-order valence-electron chi connectivity index (χ1n) is 5.76. The summed E-state index contributed by atoms with van der Waals surface area (Å²) in [5.41, 5.74) is 6.17. The molecule has 0 radical (unpaired) electrons. The number of hydrogen-bond donors (Lipinski definition) is 2. The van der Waals surface area contributed by atoms with Crippen LogP contribution in [0.1, 0.15) is 6.92 Å². The fourth-order valence-electron chi connectivity index (χ4n) is 1.58. The molecule has 0 bridgehead atoms. The van der Waals surface area contributed by atoms with Crippen LogP contribution in [0.5, 0.6) is 11.5 Å². The molecule has 2 aromatic rings. The summed E-state index contributed by atoms with van der Waals surface area (Å²) < 4.78 is 19.2. The van der Waals surface area contributed by atoms with Crippen molar-refractivity contribution in [2.24, 2.45) is 0 Å². The Morgan fingerprint density at radius 3 is 2.65 bits per heavy atom. The number of para-hydroxylation sites is 2. The second kappa shape index (κ2) is 5.79. The van der Waals surface area contributed by atoms with Gasteiger partial charge in [0.1, 0.15) is 17.3 Å². The molecule has 3 N–H and O–H groups in total. The van der Waals surface area contributed by atoms with E-state index < -0.39 is 11.7 Å². The molecule has 0 heterocycles. The summed E-state index contributed by atoms with van der Waals surface area (Å²) in [4.78, 5) is 11.0. The zero-order chi connectivity index (χ0) is 14.7. The van der Waals surface area contributed by atoms with Gasteiger partial charge in [0.2, 0.25) is 5.91 Å². The van der Waals surface area contributed by atoms with Gasteiger partial charge >= 0.3 is 0 Å². The summed E-state index contributed by atoms with van der Waals surface area (Å²) in [5.74, 6) is -0.431. The van der Waals surface area contributed by atoms with Crippen molar-refractivity contribution in [2.45, 2.75) is 6.92 Å². The number of carbonyl (C=O) groups is 1. The molecule has 20 heavy (non-hydrogen) atoms. The monoisotopic (exact) mass is 294 g/mol. The molecule has 0 aliphatic rings. The Morgan fingerprint density at radius 1 is 1.30 bits per heavy atom. The van der Waals surface area contributed by atoms with Crippen molar-refractivity contribution < 1.29 is 13.9 Å². The topological polar surface area (TPSA) is 64.3 Å². The minimum absolute atomic E-state index is 0.00796. The predicted octanol–water partition coefficient (Wildman–Crippen LogP) is 3.81. The summed E-state index contributed by atoms with van der Waals surface area (Å²) in [6.45, 7) is 1.28. The van der Waals surface area contributed by atoms with Gasteiger partial charge in [0.05, 0.1) is 16.4 Å². The Balaban J connectivity index is 2.36. The van der Waals surface area contributed by atoms with Crippen LogP contribution in [0.2, 0.25) is 5.02 Å². The molecule has 0 aromatic heterocycles. The van der Waals surface area contributed by atoms with E-state index in [0.717, 1.165) is 6.07 Å². The third kappa shape index (κ3) is 3.19. The van der Waals surface area contributed by atoms with Crippen molar-refractivity contribution in [3.63, 3.8) is 0 Å². The van der Waals surface area contributed by atoms with Crippen LogP contribution in [-0.2, 0) is 4.79 Å². The van der Waals surface area contributed by atoms with E-state index in [4.69, 9.17) is 22.1 Å². The van der Waals surface area contributed by atoms with Crippen LogP contribution in [0, 0.1) is 5.82 Å². The highest BCUT2D eigenvalue weighted by Crippen LogP contribution is 2.35. The third-order valence-electron chi connectivity index (χ3n) is 2.47. The minimum atomic E-state index is -0.640. The Hall–Kier alpha value is -2.27. The van der Waals surface area contributed by atoms with Crippen molar-refractivity contribution >= 4 is 28.9 Å². The molecule has 0 atom stereocenters. The number of nitrogen functional groups attached to an aromatic ring is 1. The molecule has 0 saturated heterocycles. The van der Waals surface area contributed by atoms with Crippen molar-refractivity contribution in [1.29, 1.82) is 0 Å². The van der Waals surface area contributed by atoms with Crippen LogP contribution in [-0.4, -0.2) is 5.91 Å². The Labute approximate surface area is 120 Å². The first-order chi connectivity index (χ1) is 9.47. The van der Waals surface area contributed by atoms with Gasteiger partial charge in [-0.05, 0) is 18.2 Å². The Bertz CT molecular complexity index is 662. The van der Waals surface area contributed by atoms with Crippen molar-refractivity contribution in [1.82, 2.24) is 0 Å². The van der Waals surface area contributed by atoms with E-state index in [1.165, 1.54) is 13.0 Å². The number of halogens is 2. The van der Waals surface area contributed by atoms with Crippen LogP contribution in [0.4, 0.5) is 15.8 Å². The average molecular weight is 295 g/mol. The number of amides is 1. The average Bonchev–Trinajstić information content (AvgIpc) is 2.37. The molecule has 4 nitrogen and oxygen atoms in total. The number of rotatable bonds is 3. The normalized spacial score (nSPS) is 10.2. The number of anilines is 2. The molecule has 104 valence electrons. The summed E-state index contributed by atoms with van der Waals surface area (Å²) in [7, 11) is 0. The summed E-state index contributed by atoms with van der Waals surface area (Å²) in [6.07, 6.45) is 0. The maximum atomic E-state index is 13.6. The molecule has 0 spiro atoms. The lowest BCUT2D eigenvalue weighted by Crippen LogP contribution is -2.07. The third-order valence-corrected chi connectivity index (χ3v) is 2.77. The standard InChI is InChI=1S/C14H12ClFN2O2/c1-8(19)18-12-7-14(9(15)6-10(12)16)20-13-5-3-2-4-11(13)17/h2-7H,17H2,1H3,(H,18,19). The van der Waals surface area contributed by atoms with Crippen LogP contribution in [0.15, 0.2) is 36.4 Å². The zero-order valence-electron chi connectivity index (χ0n) is 10.6. The van der Waals surface area contributed by atoms with Crippen LogP contribution in [0.3, 0.4) is 0 Å². The Kier molecular flexibility index (Phi) is 4.10. The highest BCUT2D eigenvalue weighted by atomic mass is 35.5. The van der Waals surface area contributed by atoms with Gasteiger partial charge in [-0.1, -0.05) is 23.7 Å². The van der Waals surface area contributed by atoms with E-state index in [2.05, 4.69) is 5.32 Å². The van der Waals surface area contributed by atoms with E-state index in [-0.39, 0.29) is 16.5 Å². The first kappa shape index (κ1) is 14.1. The van der Waals surface area contributed by atoms with Gasteiger partial charge in [0.15, 0.2) is 0 Å². The number of benzene rings is 2. The molecular formula is C14H12ClFN2O2. The number of ether oxygens (including phenoxy) is 1. The molecule has 1 amide bonds. The van der Waals surface area contributed by atoms with Crippen molar-refractivity contribution in [2.75, 3.05) is 11.1 Å². The van der Waals surface area contributed by atoms with Gasteiger partial charge in [-0.15, -0.1) is 0 Å². The van der Waals surface area contributed by atoms with Gasteiger partial charge in [-0.3, -0.25) is 4.79 Å². The minimum Gasteiger partial charge on any atom is -0.454 e. The highest BCUT2D eigenvalue weighted by Gasteiger charge is 2.12. The highest BCUT2D eigenvalue weighted by molar-refractivity contribution is 6.32.